The van der Waals surface area contributed by atoms with Gasteiger partial charge in [-0.15, -0.1) is 0 Å². The highest BCUT2D eigenvalue weighted by Gasteiger charge is 2.25. The summed E-state index contributed by atoms with van der Waals surface area (Å²) in [4.78, 5) is 37.5. The largest absolute Gasteiger partial charge is 0.477 e. The van der Waals surface area contributed by atoms with E-state index in [1.165, 1.54) is 161 Å². The first-order valence-electron chi connectivity index (χ1n) is 31.6. The molecule has 0 aromatic carbocycles. The Morgan fingerprint density at radius 1 is 0.408 bits per heavy atom. The zero-order chi connectivity index (χ0) is 55.5. The molecule has 0 rings (SSSR count). The average molecular weight is 1070 g/mol. The van der Waals surface area contributed by atoms with Crippen molar-refractivity contribution in [3.8, 4) is 0 Å². The second-order valence-corrected chi connectivity index (χ2v) is 22.3. The van der Waals surface area contributed by atoms with Crippen LogP contribution in [0.15, 0.2) is 72.9 Å². The highest BCUT2D eigenvalue weighted by molar-refractivity contribution is 5.71. The summed E-state index contributed by atoms with van der Waals surface area (Å²) in [5.74, 6) is -2.01. The number of carbonyl (C=O) groups is 3. The maximum Gasteiger partial charge on any atom is 0.361 e. The lowest BCUT2D eigenvalue weighted by atomic mass is 10.0. The first-order valence-corrected chi connectivity index (χ1v) is 31.6. The zero-order valence-corrected chi connectivity index (χ0v) is 50.2. The van der Waals surface area contributed by atoms with Gasteiger partial charge >= 0.3 is 17.9 Å². The molecule has 0 aliphatic rings. The molecule has 0 radical (unpaired) electrons. The Kier molecular flexibility index (Phi) is 55.4. The van der Waals surface area contributed by atoms with E-state index < -0.39 is 24.3 Å². The molecule has 9 heteroatoms. The van der Waals surface area contributed by atoms with Gasteiger partial charge in [-0.25, -0.2) is 4.79 Å². The van der Waals surface area contributed by atoms with E-state index in [2.05, 4.69) is 86.8 Å². The van der Waals surface area contributed by atoms with Crippen molar-refractivity contribution in [2.75, 3.05) is 47.5 Å². The predicted molar refractivity (Wildman–Crippen MR) is 323 cm³/mol. The third-order valence-electron chi connectivity index (χ3n) is 13.7. The van der Waals surface area contributed by atoms with Crippen LogP contribution in [0.5, 0.6) is 0 Å². The van der Waals surface area contributed by atoms with E-state index in [0.29, 0.717) is 23.9 Å². The third kappa shape index (κ3) is 58.4. The van der Waals surface area contributed by atoms with Gasteiger partial charge in [0.2, 0.25) is 0 Å². The summed E-state index contributed by atoms with van der Waals surface area (Å²) in [5, 5.41) is 9.72. The van der Waals surface area contributed by atoms with Gasteiger partial charge in [-0.3, -0.25) is 9.59 Å². The standard InChI is InChI=1S/C67H119NO8/c1-6-8-10-12-14-16-18-20-22-24-26-28-30-32-33-34-36-38-40-42-44-46-48-50-52-54-56-58-65(70)76-63(62-75-67(66(71)72)73-60-59-68(3,4)5)61-74-64(69)57-55-53-51-49-47-45-43-41-39-37-35-31-29-27-25-23-21-19-17-15-13-11-9-7-2/h8,10,14,16,20,22,26,28,32-33,36,38,63,67H,6-7,9,11-13,15,17-19,21,23-25,27,29-31,34-35,37,39-62H2,1-5H3/p+1/b10-8-,16-14-,22-20-,28-26-,33-32-,38-36-. The van der Waals surface area contributed by atoms with Gasteiger partial charge < -0.3 is 28.5 Å². The lowest BCUT2D eigenvalue weighted by molar-refractivity contribution is -0.870. The molecule has 1 N–H and O–H groups in total. The van der Waals surface area contributed by atoms with Gasteiger partial charge in [0.15, 0.2) is 6.10 Å². The van der Waals surface area contributed by atoms with Crippen molar-refractivity contribution in [2.45, 2.75) is 289 Å². The fourth-order valence-electron chi connectivity index (χ4n) is 8.90. The number of quaternary nitrogens is 1. The average Bonchev–Trinajstić information content (AvgIpc) is 3.39. The Labute approximate surface area is 468 Å². The summed E-state index contributed by atoms with van der Waals surface area (Å²) in [7, 11) is 5.97. The number of unbranched alkanes of at least 4 members (excludes halogenated alkanes) is 31. The fourth-order valence-corrected chi connectivity index (χ4v) is 8.90. The molecule has 0 aromatic heterocycles. The van der Waals surface area contributed by atoms with E-state index in [9.17, 15) is 19.5 Å². The van der Waals surface area contributed by atoms with Crippen molar-refractivity contribution in [3.63, 3.8) is 0 Å². The van der Waals surface area contributed by atoms with Crippen LogP contribution in [0.2, 0.25) is 0 Å². The van der Waals surface area contributed by atoms with Crippen LogP contribution in [0.25, 0.3) is 0 Å². The summed E-state index contributed by atoms with van der Waals surface area (Å²) in [6, 6.07) is 0. The number of nitrogens with zero attached hydrogens (tertiary/aromatic N) is 1. The number of rotatable bonds is 58. The molecule has 0 saturated heterocycles. The van der Waals surface area contributed by atoms with Crippen LogP contribution >= 0.6 is 0 Å². The van der Waals surface area contributed by atoms with Crippen LogP contribution in [0, 0.1) is 0 Å². The first-order chi connectivity index (χ1) is 37.1. The van der Waals surface area contributed by atoms with Gasteiger partial charge in [0, 0.05) is 12.8 Å². The smallest absolute Gasteiger partial charge is 0.361 e. The minimum Gasteiger partial charge on any atom is -0.477 e. The maximum atomic E-state index is 12.9. The lowest BCUT2D eigenvalue weighted by Crippen LogP contribution is -2.40. The van der Waals surface area contributed by atoms with Gasteiger partial charge in [-0.2, -0.15) is 0 Å². The second kappa shape index (κ2) is 57.9. The fraction of sp³-hybridized carbons (Fsp3) is 0.776. The summed E-state index contributed by atoms with van der Waals surface area (Å²) in [6.07, 6.45) is 72.7. The molecule has 0 bridgehead atoms. The number of aliphatic carboxylic acids is 1. The molecule has 9 nitrogen and oxygen atoms in total. The van der Waals surface area contributed by atoms with Gasteiger partial charge in [-0.05, 0) is 64.2 Å². The number of carbonyl (C=O) groups excluding carboxylic acids is 2. The number of esters is 2. The quantitative estimate of drug-likeness (QED) is 0.0211. The Balaban J connectivity index is 4.21. The van der Waals surface area contributed by atoms with E-state index >= 15 is 0 Å². The Hall–Kier alpha value is -3.27. The van der Waals surface area contributed by atoms with E-state index in [4.69, 9.17) is 18.9 Å². The van der Waals surface area contributed by atoms with Crippen LogP contribution in [0.1, 0.15) is 277 Å². The Morgan fingerprint density at radius 2 is 0.750 bits per heavy atom. The molecule has 0 amide bonds. The molecular formula is C67H120NO8+. The topological polar surface area (TPSA) is 108 Å². The SMILES string of the molecule is CC/C=C\C/C=C\C/C=C\C/C=C\C/C=C\C/C=C\CCCCCCCCCCC(=O)OC(COC(=O)CCCCCCCCCCCCCCCCCCCCCCCCCC)COC(OCC[N+](C)(C)C)C(=O)O. The number of ether oxygens (including phenoxy) is 4. The summed E-state index contributed by atoms with van der Waals surface area (Å²) in [5.41, 5.74) is 0. The molecule has 440 valence electrons. The van der Waals surface area contributed by atoms with E-state index in [1.807, 2.05) is 21.1 Å². The van der Waals surface area contributed by atoms with E-state index in [-0.39, 0.29) is 32.2 Å². The maximum absolute atomic E-state index is 12.9. The van der Waals surface area contributed by atoms with Crippen LogP contribution in [-0.2, 0) is 33.3 Å². The van der Waals surface area contributed by atoms with Crippen LogP contribution in [0.3, 0.4) is 0 Å². The number of allylic oxidation sites excluding steroid dienone is 12. The van der Waals surface area contributed by atoms with Crippen molar-refractivity contribution in [1.29, 1.82) is 0 Å². The minimum absolute atomic E-state index is 0.184. The number of carboxylic acid groups (broad SMARTS) is 1. The molecule has 0 aliphatic heterocycles. The van der Waals surface area contributed by atoms with Crippen molar-refractivity contribution in [2.24, 2.45) is 0 Å². The Morgan fingerprint density at radius 3 is 1.12 bits per heavy atom. The lowest BCUT2D eigenvalue weighted by Gasteiger charge is -2.25. The van der Waals surface area contributed by atoms with Crippen LogP contribution in [-0.4, -0.2) is 87.4 Å². The second-order valence-electron chi connectivity index (χ2n) is 22.3. The van der Waals surface area contributed by atoms with E-state index in [0.717, 1.165) is 83.5 Å². The highest BCUT2D eigenvalue weighted by atomic mass is 16.7. The van der Waals surface area contributed by atoms with Crippen molar-refractivity contribution < 1.29 is 42.9 Å². The highest BCUT2D eigenvalue weighted by Crippen LogP contribution is 2.17. The number of hydrogen-bond acceptors (Lipinski definition) is 7. The molecule has 2 unspecified atom stereocenters. The predicted octanol–water partition coefficient (Wildman–Crippen LogP) is 19.0. The van der Waals surface area contributed by atoms with Crippen LogP contribution < -0.4 is 0 Å². The minimum atomic E-state index is -1.51. The monoisotopic (exact) mass is 1070 g/mol. The molecule has 0 heterocycles. The molecule has 0 saturated carbocycles. The molecule has 0 aromatic rings. The first kappa shape index (κ1) is 72.7. The number of carboxylic acids is 1. The van der Waals surface area contributed by atoms with Gasteiger partial charge in [0.1, 0.15) is 13.2 Å². The zero-order valence-electron chi connectivity index (χ0n) is 50.2. The molecule has 76 heavy (non-hydrogen) atoms. The summed E-state index contributed by atoms with van der Waals surface area (Å²) >= 11 is 0. The summed E-state index contributed by atoms with van der Waals surface area (Å²) in [6.45, 7) is 4.79. The molecule has 0 spiro atoms. The number of hydrogen-bond donors (Lipinski definition) is 1. The van der Waals surface area contributed by atoms with Gasteiger partial charge in [0.05, 0.1) is 34.4 Å². The van der Waals surface area contributed by atoms with Crippen LogP contribution in [0.4, 0.5) is 0 Å². The third-order valence-corrected chi connectivity index (χ3v) is 13.7. The van der Waals surface area contributed by atoms with Gasteiger partial charge in [0.25, 0.3) is 6.29 Å². The normalized spacial score (nSPS) is 13.2. The number of likely N-dealkylation sites (N-methyl/N-ethyl adjacent to an activating group) is 1. The Bertz CT molecular complexity index is 1470. The van der Waals surface area contributed by atoms with Crippen molar-refractivity contribution >= 4 is 17.9 Å². The van der Waals surface area contributed by atoms with Crippen molar-refractivity contribution in [3.05, 3.63) is 72.9 Å². The van der Waals surface area contributed by atoms with Crippen molar-refractivity contribution in [1.82, 2.24) is 0 Å². The molecule has 2 atom stereocenters. The summed E-state index contributed by atoms with van der Waals surface area (Å²) < 4.78 is 22.9. The molecule has 0 aliphatic carbocycles. The molecular weight excluding hydrogens is 947 g/mol. The molecule has 0 fully saturated rings. The van der Waals surface area contributed by atoms with E-state index in [1.54, 1.807) is 0 Å². The van der Waals surface area contributed by atoms with Gasteiger partial charge in [-0.1, -0.05) is 273 Å².